The van der Waals surface area contributed by atoms with Gasteiger partial charge in [-0.05, 0) is 51.0 Å². The van der Waals surface area contributed by atoms with Gasteiger partial charge in [0.25, 0.3) is 0 Å². The lowest BCUT2D eigenvalue weighted by Crippen LogP contribution is -2.24. The molecule has 0 aliphatic heterocycles. The van der Waals surface area contributed by atoms with Crippen LogP contribution in [0.5, 0.6) is 0 Å². The molecule has 0 unspecified atom stereocenters. The molecule has 0 saturated carbocycles. The highest BCUT2D eigenvalue weighted by Crippen LogP contribution is 2.23. The number of ether oxygens (including phenoxy) is 1. The zero-order valence-electron chi connectivity index (χ0n) is 12.8. The van der Waals surface area contributed by atoms with Crippen LogP contribution in [0.3, 0.4) is 0 Å². The van der Waals surface area contributed by atoms with E-state index < -0.39 is 11.6 Å². The number of aliphatic hydroxyl groups is 1. The molecule has 2 rings (SSSR count). The van der Waals surface area contributed by atoms with Gasteiger partial charge >= 0.3 is 5.97 Å². The third kappa shape index (κ3) is 4.08. The number of halogens is 1. The molecule has 1 aromatic heterocycles. The maximum Gasteiger partial charge on any atom is 0.340 e. The number of nitrogens with zero attached hydrogens (tertiary/aromatic N) is 2. The van der Waals surface area contributed by atoms with Gasteiger partial charge in [0.1, 0.15) is 5.60 Å². The average molecular weight is 323 g/mol. The van der Waals surface area contributed by atoms with Crippen molar-refractivity contribution in [2.45, 2.75) is 32.8 Å². The predicted octanol–water partition coefficient (Wildman–Crippen LogP) is 3.02. The van der Waals surface area contributed by atoms with Crippen molar-refractivity contribution >= 4 is 17.6 Å². The van der Waals surface area contributed by atoms with E-state index in [0.717, 1.165) is 11.3 Å². The number of carbonyl (C=O) groups is 1. The van der Waals surface area contributed by atoms with Crippen LogP contribution in [0.25, 0.3) is 5.69 Å². The monoisotopic (exact) mass is 322 g/mol. The predicted molar refractivity (Wildman–Crippen MR) is 84.5 cm³/mol. The highest BCUT2D eigenvalue weighted by Gasteiger charge is 2.20. The molecule has 1 aromatic carbocycles. The van der Waals surface area contributed by atoms with Crippen molar-refractivity contribution in [1.82, 2.24) is 9.78 Å². The second kappa shape index (κ2) is 6.50. The Morgan fingerprint density at radius 2 is 2.14 bits per heavy atom. The van der Waals surface area contributed by atoms with Gasteiger partial charge in [-0.3, -0.25) is 0 Å². The van der Waals surface area contributed by atoms with Gasteiger partial charge in [0.05, 0.1) is 22.5 Å². The summed E-state index contributed by atoms with van der Waals surface area (Å²) in [6.45, 7) is 5.49. The molecule has 0 bridgehead atoms. The summed E-state index contributed by atoms with van der Waals surface area (Å²) < 4.78 is 6.96. The van der Waals surface area contributed by atoms with Crippen molar-refractivity contribution < 1.29 is 14.6 Å². The standard InChI is InChI=1S/C16H19ClN2O3/c1-16(2,3)22-15(21)13-5-4-12(8-14(13)17)19-10-11(6-7-20)9-18-19/h4-5,8-10,20H,6-7H2,1-3H3. The second-order valence-electron chi connectivity index (χ2n) is 5.93. The van der Waals surface area contributed by atoms with Crippen molar-refractivity contribution in [2.75, 3.05) is 6.61 Å². The minimum absolute atomic E-state index is 0.0734. The lowest BCUT2D eigenvalue weighted by Gasteiger charge is -2.20. The van der Waals surface area contributed by atoms with Gasteiger partial charge < -0.3 is 9.84 Å². The lowest BCUT2D eigenvalue weighted by atomic mass is 10.1. The van der Waals surface area contributed by atoms with Gasteiger partial charge in [-0.15, -0.1) is 0 Å². The molecule has 0 atom stereocenters. The topological polar surface area (TPSA) is 64.3 Å². The number of hydrogen-bond acceptors (Lipinski definition) is 4. The average Bonchev–Trinajstić information content (AvgIpc) is 2.85. The molecule has 0 fully saturated rings. The normalized spacial score (nSPS) is 11.5. The summed E-state index contributed by atoms with van der Waals surface area (Å²) in [5.74, 6) is -0.453. The summed E-state index contributed by atoms with van der Waals surface area (Å²) in [6, 6.07) is 5.04. The van der Waals surface area contributed by atoms with Crippen LogP contribution < -0.4 is 0 Å². The van der Waals surface area contributed by atoms with E-state index in [1.54, 1.807) is 49.8 Å². The van der Waals surface area contributed by atoms with Crippen LogP contribution in [-0.4, -0.2) is 33.1 Å². The number of esters is 1. The fourth-order valence-corrected chi connectivity index (χ4v) is 2.16. The number of hydrogen-bond donors (Lipinski definition) is 1. The molecule has 6 heteroatoms. The summed E-state index contributed by atoms with van der Waals surface area (Å²) in [7, 11) is 0. The van der Waals surface area contributed by atoms with Crippen LogP contribution in [0.2, 0.25) is 5.02 Å². The van der Waals surface area contributed by atoms with Crippen LogP contribution in [0, 0.1) is 0 Å². The van der Waals surface area contributed by atoms with E-state index >= 15 is 0 Å². The molecule has 2 aromatic rings. The Balaban J connectivity index is 2.23. The van der Waals surface area contributed by atoms with Crippen molar-refractivity contribution in [3.8, 4) is 5.69 Å². The van der Waals surface area contributed by atoms with Crippen LogP contribution in [0.4, 0.5) is 0 Å². The largest absolute Gasteiger partial charge is 0.456 e. The molecule has 1 heterocycles. The smallest absolute Gasteiger partial charge is 0.340 e. The third-order valence-electron chi connectivity index (χ3n) is 2.87. The lowest BCUT2D eigenvalue weighted by molar-refractivity contribution is 0.00698. The van der Waals surface area contributed by atoms with E-state index in [4.69, 9.17) is 21.4 Å². The molecule has 5 nitrogen and oxygen atoms in total. The zero-order chi connectivity index (χ0) is 16.3. The van der Waals surface area contributed by atoms with Gasteiger partial charge in [-0.1, -0.05) is 11.6 Å². The van der Waals surface area contributed by atoms with Crippen LogP contribution in [-0.2, 0) is 11.2 Å². The molecule has 0 spiro atoms. The summed E-state index contributed by atoms with van der Waals surface area (Å²) in [6.07, 6.45) is 4.05. The van der Waals surface area contributed by atoms with Gasteiger partial charge in [-0.2, -0.15) is 5.10 Å². The van der Waals surface area contributed by atoms with Gasteiger partial charge in [-0.25, -0.2) is 9.48 Å². The first-order chi connectivity index (χ1) is 10.3. The number of carbonyl (C=O) groups excluding carboxylic acids is 1. The summed E-state index contributed by atoms with van der Waals surface area (Å²) in [4.78, 5) is 12.1. The maximum absolute atomic E-state index is 12.1. The summed E-state index contributed by atoms with van der Waals surface area (Å²) in [5, 5.41) is 13.4. The van der Waals surface area contributed by atoms with E-state index in [1.807, 2.05) is 6.20 Å². The Hall–Kier alpha value is -1.85. The van der Waals surface area contributed by atoms with Crippen LogP contribution in [0.1, 0.15) is 36.7 Å². The van der Waals surface area contributed by atoms with Crippen LogP contribution >= 0.6 is 11.6 Å². The van der Waals surface area contributed by atoms with Crippen molar-refractivity contribution in [3.05, 3.63) is 46.7 Å². The molecule has 0 aliphatic carbocycles. The van der Waals surface area contributed by atoms with E-state index in [9.17, 15) is 4.79 Å². The SMILES string of the molecule is CC(C)(C)OC(=O)c1ccc(-n2cc(CCO)cn2)cc1Cl. The summed E-state index contributed by atoms with van der Waals surface area (Å²) >= 11 is 6.19. The molecule has 0 aliphatic rings. The number of aromatic nitrogens is 2. The molecule has 118 valence electrons. The quantitative estimate of drug-likeness (QED) is 0.879. The Labute approximate surface area is 134 Å². The minimum Gasteiger partial charge on any atom is -0.456 e. The maximum atomic E-state index is 12.1. The number of aliphatic hydroxyl groups excluding tert-OH is 1. The van der Waals surface area contributed by atoms with Crippen molar-refractivity contribution in [1.29, 1.82) is 0 Å². The molecule has 0 amide bonds. The molecule has 0 saturated heterocycles. The second-order valence-corrected chi connectivity index (χ2v) is 6.34. The fourth-order valence-electron chi connectivity index (χ4n) is 1.90. The first-order valence-electron chi connectivity index (χ1n) is 6.98. The fraction of sp³-hybridized carbons (Fsp3) is 0.375. The Morgan fingerprint density at radius 1 is 1.41 bits per heavy atom. The Kier molecular flexibility index (Phi) is 4.88. The van der Waals surface area contributed by atoms with Crippen molar-refractivity contribution in [2.24, 2.45) is 0 Å². The Morgan fingerprint density at radius 3 is 2.73 bits per heavy atom. The molecule has 22 heavy (non-hydrogen) atoms. The van der Waals surface area contributed by atoms with E-state index in [0.29, 0.717) is 17.0 Å². The van der Waals surface area contributed by atoms with E-state index in [2.05, 4.69) is 5.10 Å². The van der Waals surface area contributed by atoms with Gasteiger partial charge in [0.2, 0.25) is 0 Å². The van der Waals surface area contributed by atoms with Crippen LogP contribution in [0.15, 0.2) is 30.6 Å². The molecular formula is C16H19ClN2O3. The number of rotatable bonds is 4. The Bertz CT molecular complexity index is 674. The van der Waals surface area contributed by atoms with E-state index in [-0.39, 0.29) is 6.61 Å². The van der Waals surface area contributed by atoms with Gasteiger partial charge in [0.15, 0.2) is 0 Å². The molecule has 0 radical (unpaired) electrons. The molecular weight excluding hydrogens is 304 g/mol. The minimum atomic E-state index is -0.569. The first-order valence-corrected chi connectivity index (χ1v) is 7.35. The van der Waals surface area contributed by atoms with Gasteiger partial charge in [0, 0.05) is 12.8 Å². The molecule has 1 N–H and O–H groups in total. The van der Waals surface area contributed by atoms with E-state index in [1.165, 1.54) is 0 Å². The van der Waals surface area contributed by atoms with Crippen molar-refractivity contribution in [3.63, 3.8) is 0 Å². The highest BCUT2D eigenvalue weighted by molar-refractivity contribution is 6.33. The first kappa shape index (κ1) is 16.5. The number of benzene rings is 1. The third-order valence-corrected chi connectivity index (χ3v) is 3.19. The summed E-state index contributed by atoms with van der Waals surface area (Å²) in [5.41, 5.74) is 1.42. The zero-order valence-corrected chi connectivity index (χ0v) is 13.6. The highest BCUT2D eigenvalue weighted by atomic mass is 35.5.